The van der Waals surface area contributed by atoms with Crippen LogP contribution < -0.4 is 15.7 Å². The van der Waals surface area contributed by atoms with Crippen LogP contribution in [-0.2, 0) is 4.74 Å². The van der Waals surface area contributed by atoms with Crippen LogP contribution in [0.4, 0.5) is 0 Å². The average molecular weight is 279 g/mol. The number of nitrogens with one attached hydrogen (secondary N) is 2. The molecule has 0 aromatic heterocycles. The van der Waals surface area contributed by atoms with Crippen LogP contribution in [0.2, 0.25) is 0 Å². The fraction of sp³-hybridized carbons (Fsp3) is 1.00. The number of hydrogen-bond acceptors (Lipinski definition) is 4. The molecule has 1 unspecified atom stereocenters. The van der Waals surface area contributed by atoms with Crippen LogP contribution in [0.3, 0.4) is 0 Å². The van der Waals surface area contributed by atoms with Crippen molar-refractivity contribution in [3.63, 3.8) is 0 Å². The van der Waals surface area contributed by atoms with Crippen molar-refractivity contribution in [1.82, 2.24) is 10.6 Å². The van der Waals surface area contributed by atoms with E-state index in [0.717, 1.165) is 35.1 Å². The number of hydrogen-bond donors (Lipinski definition) is 2. The van der Waals surface area contributed by atoms with E-state index in [2.05, 4.69) is 31.7 Å². The summed E-state index contributed by atoms with van der Waals surface area (Å²) >= 11 is 0. The molecule has 0 fully saturated rings. The van der Waals surface area contributed by atoms with Crippen LogP contribution >= 0.6 is 0 Å². The van der Waals surface area contributed by atoms with Crippen molar-refractivity contribution in [3.8, 4) is 0 Å². The maximum absolute atomic E-state index is 11.7. The molecule has 0 saturated heterocycles. The molecule has 2 N–H and O–H groups in total. The second kappa shape index (κ2) is 8.84. The van der Waals surface area contributed by atoms with E-state index in [1.165, 1.54) is 0 Å². The van der Waals surface area contributed by atoms with Crippen molar-refractivity contribution in [3.05, 3.63) is 0 Å². The Kier molecular flexibility index (Phi) is 8.73. The fourth-order valence-electron chi connectivity index (χ4n) is 1.40. The lowest BCUT2D eigenvalue weighted by Crippen LogP contribution is -2.61. The van der Waals surface area contributed by atoms with E-state index in [1.807, 2.05) is 21.1 Å². The summed E-state index contributed by atoms with van der Waals surface area (Å²) in [6.45, 7) is 5.82. The van der Waals surface area contributed by atoms with Gasteiger partial charge in [-0.05, 0) is 12.8 Å². The van der Waals surface area contributed by atoms with Crippen LogP contribution in [0.15, 0.2) is 0 Å². The molecule has 0 spiro atoms. The van der Waals surface area contributed by atoms with Crippen molar-refractivity contribution in [1.29, 1.82) is 0 Å². The predicted molar refractivity (Wildman–Crippen MR) is 77.0 cm³/mol. The summed E-state index contributed by atoms with van der Waals surface area (Å²) in [5, 5.41) is 17.6. The highest BCUT2D eigenvalue weighted by Gasteiger charge is 2.15. The maximum Gasteiger partial charge on any atom is 0.132 e. The van der Waals surface area contributed by atoms with E-state index >= 15 is 0 Å². The third-order valence-corrected chi connectivity index (χ3v) is 2.65. The predicted octanol–water partition coefficient (Wildman–Crippen LogP) is -0.954. The molecule has 0 saturated carbocycles. The molecule has 1 atom stereocenters. The number of likely N-dealkylation sites (N-methyl/N-ethyl adjacent to an activating group) is 1. The first-order valence-corrected chi connectivity index (χ1v) is 6.99. The SMILES string of the molecule is CCCOCC[N+](C)(C)CNC([O-])NC[N+](C)(C)C.[2H-]. The molecule has 0 aromatic carbocycles. The molecule has 19 heavy (non-hydrogen) atoms. The van der Waals surface area contributed by atoms with Gasteiger partial charge in [-0.15, -0.1) is 0 Å². The lowest BCUT2D eigenvalue weighted by Gasteiger charge is -2.35. The second-order valence-electron chi connectivity index (χ2n) is 6.67. The Bertz CT molecular complexity index is 235. The van der Waals surface area contributed by atoms with E-state index in [9.17, 15) is 5.11 Å². The zero-order valence-electron chi connectivity index (χ0n) is 14.5. The summed E-state index contributed by atoms with van der Waals surface area (Å²) < 4.78 is 6.93. The van der Waals surface area contributed by atoms with Crippen molar-refractivity contribution >= 4 is 0 Å². The molecule has 0 rings (SSSR count). The highest BCUT2D eigenvalue weighted by Crippen LogP contribution is 1.95. The molecular weight excluding hydrogens is 244 g/mol. The molecular formula is C13H34N4O2. The van der Waals surface area contributed by atoms with Gasteiger partial charge in [-0.25, -0.2) is 0 Å². The summed E-state index contributed by atoms with van der Waals surface area (Å²) in [4.78, 5) is 0. The van der Waals surface area contributed by atoms with Gasteiger partial charge in [0, 0.05) is 6.61 Å². The molecule has 0 amide bonds. The molecule has 0 bridgehead atoms. The Morgan fingerprint density at radius 3 is 2.16 bits per heavy atom. The Hall–Kier alpha value is -0.240. The van der Waals surface area contributed by atoms with E-state index in [-0.39, 0.29) is 1.43 Å². The summed E-state index contributed by atoms with van der Waals surface area (Å²) in [6, 6.07) is 0. The zero-order valence-corrected chi connectivity index (χ0v) is 13.5. The molecule has 0 aliphatic carbocycles. The Morgan fingerprint density at radius 1 is 1.05 bits per heavy atom. The Labute approximate surface area is 120 Å². The minimum absolute atomic E-state index is 0. The molecule has 0 aliphatic rings. The largest absolute Gasteiger partial charge is 1.00 e. The highest BCUT2D eigenvalue weighted by atomic mass is 16.5. The van der Waals surface area contributed by atoms with Gasteiger partial charge in [-0.2, -0.15) is 0 Å². The first kappa shape index (κ1) is 18.8. The smallest absolute Gasteiger partial charge is 0.132 e. The van der Waals surface area contributed by atoms with Gasteiger partial charge in [-0.3, -0.25) is 10.6 Å². The van der Waals surface area contributed by atoms with Gasteiger partial charge in [0.25, 0.3) is 0 Å². The first-order chi connectivity index (χ1) is 8.66. The maximum atomic E-state index is 11.7. The molecule has 118 valence electrons. The van der Waals surface area contributed by atoms with Gasteiger partial charge in [0.2, 0.25) is 0 Å². The van der Waals surface area contributed by atoms with Crippen molar-refractivity contribution in [2.75, 3.05) is 68.3 Å². The van der Waals surface area contributed by atoms with Crippen LogP contribution in [0.5, 0.6) is 0 Å². The summed E-state index contributed by atoms with van der Waals surface area (Å²) in [6.07, 6.45) is 0.120. The van der Waals surface area contributed by atoms with Crippen LogP contribution in [0.1, 0.15) is 14.8 Å². The van der Waals surface area contributed by atoms with E-state index in [4.69, 9.17) is 4.74 Å². The molecule has 0 heterocycles. The Morgan fingerprint density at radius 2 is 1.63 bits per heavy atom. The number of ether oxygens (including phenoxy) is 1. The molecule has 0 radical (unpaired) electrons. The standard InChI is InChI=1S/C13H33N4O2.H/c1-7-9-19-10-8-17(5,6)12-15-13(18)14-11-16(2,3)4;/h13-15H,7-12H2,1-6H3;/q+1;-1/i;1+1. The van der Waals surface area contributed by atoms with Crippen molar-refractivity contribution < 1.29 is 20.2 Å². The molecule has 6 heteroatoms. The zero-order chi connectivity index (χ0) is 14.9. The fourth-order valence-corrected chi connectivity index (χ4v) is 1.40. The van der Waals surface area contributed by atoms with E-state index < -0.39 is 6.35 Å². The number of quaternary nitrogens is 2. The second-order valence-corrected chi connectivity index (χ2v) is 6.67. The number of rotatable bonds is 11. The molecule has 0 aromatic rings. The molecule has 0 aliphatic heterocycles. The summed E-state index contributed by atoms with van der Waals surface area (Å²) in [5.41, 5.74) is 0. The van der Waals surface area contributed by atoms with Crippen LogP contribution in [-0.4, -0.2) is 83.7 Å². The van der Waals surface area contributed by atoms with Crippen molar-refractivity contribution in [2.45, 2.75) is 19.7 Å². The summed E-state index contributed by atoms with van der Waals surface area (Å²) in [7, 11) is 10.3. The lowest BCUT2D eigenvalue weighted by molar-refractivity contribution is -0.895. The van der Waals surface area contributed by atoms with Gasteiger partial charge >= 0.3 is 0 Å². The van der Waals surface area contributed by atoms with E-state index in [0.29, 0.717) is 13.3 Å². The summed E-state index contributed by atoms with van der Waals surface area (Å²) in [5.74, 6) is 0. The van der Waals surface area contributed by atoms with Crippen molar-refractivity contribution in [2.24, 2.45) is 0 Å². The third kappa shape index (κ3) is 12.5. The monoisotopic (exact) mass is 279 g/mol. The van der Waals surface area contributed by atoms with Gasteiger partial charge in [0.1, 0.15) is 19.9 Å². The van der Waals surface area contributed by atoms with Gasteiger partial charge < -0.3 is 20.2 Å². The topological polar surface area (TPSA) is 56.3 Å². The van der Waals surface area contributed by atoms with Crippen LogP contribution in [0, 0.1) is 0 Å². The first-order valence-electron chi connectivity index (χ1n) is 6.99. The van der Waals surface area contributed by atoms with Gasteiger partial charge in [0.15, 0.2) is 0 Å². The normalized spacial score (nSPS) is 14.7. The average Bonchev–Trinajstić information content (AvgIpc) is 2.29. The minimum atomic E-state index is -0.925. The van der Waals surface area contributed by atoms with E-state index in [1.54, 1.807) is 0 Å². The third-order valence-electron chi connectivity index (χ3n) is 2.65. The number of nitrogens with zero attached hydrogens (tertiary/aromatic N) is 2. The lowest BCUT2D eigenvalue weighted by atomic mass is 10.5. The Balaban J connectivity index is 0. The van der Waals surface area contributed by atoms with Gasteiger partial charge in [-0.1, -0.05) is 6.92 Å². The minimum Gasteiger partial charge on any atom is -1.00 e. The quantitative estimate of drug-likeness (QED) is 0.291. The van der Waals surface area contributed by atoms with Gasteiger partial charge in [0.05, 0.1) is 41.8 Å². The highest BCUT2D eigenvalue weighted by molar-refractivity contribution is 4.42. The molecule has 6 nitrogen and oxygen atoms in total. The van der Waals surface area contributed by atoms with Crippen LogP contribution in [0.25, 0.3) is 0 Å².